The number of rotatable bonds is 6. The fraction of sp³-hybridized carbons (Fsp3) is 0.176. The van der Waals surface area contributed by atoms with E-state index in [4.69, 9.17) is 0 Å². The molecule has 0 saturated carbocycles. The Morgan fingerprint density at radius 3 is 2.52 bits per heavy atom. The highest BCUT2D eigenvalue weighted by atomic mass is 79.9. The Morgan fingerprint density at radius 1 is 1.09 bits per heavy atom. The quantitative estimate of drug-likeness (QED) is 0.460. The molecule has 1 heterocycles. The zero-order valence-corrected chi connectivity index (χ0v) is 15.7. The number of nitrogens with zero attached hydrogens (tertiary/aromatic N) is 2. The van der Waals surface area contributed by atoms with E-state index in [1.54, 1.807) is 0 Å². The number of hydrogen-bond acceptors (Lipinski definition) is 3. The van der Waals surface area contributed by atoms with E-state index in [0.29, 0.717) is 5.56 Å². The van der Waals surface area contributed by atoms with E-state index in [9.17, 15) is 4.79 Å². The van der Waals surface area contributed by atoms with E-state index < -0.39 is 0 Å². The molecule has 23 heavy (non-hydrogen) atoms. The maximum absolute atomic E-state index is 12.5. The van der Waals surface area contributed by atoms with Crippen LogP contribution in [0.2, 0.25) is 0 Å². The molecular formula is C17H17Br2N3O. The van der Waals surface area contributed by atoms with Crippen molar-refractivity contribution in [3.63, 3.8) is 0 Å². The highest BCUT2D eigenvalue weighted by Crippen LogP contribution is 2.20. The third-order valence-corrected chi connectivity index (χ3v) is 3.83. The van der Waals surface area contributed by atoms with Gasteiger partial charge in [0.2, 0.25) is 5.95 Å². The molecule has 0 aliphatic heterocycles. The third kappa shape index (κ3) is 4.00. The number of anilines is 1. The number of alkyl halides is 1. The Kier molecular flexibility index (Phi) is 6.36. The number of nitrogens with one attached hydrogen (secondary N) is 1. The van der Waals surface area contributed by atoms with E-state index in [1.807, 2.05) is 59.2 Å². The third-order valence-electron chi connectivity index (χ3n) is 3.43. The summed E-state index contributed by atoms with van der Waals surface area (Å²) < 4.78 is 1.94. The van der Waals surface area contributed by atoms with Crippen molar-refractivity contribution < 1.29 is 4.79 Å². The predicted molar refractivity (Wildman–Crippen MR) is 103 cm³/mol. The van der Waals surface area contributed by atoms with Gasteiger partial charge in [-0.1, -0.05) is 58.4 Å². The van der Waals surface area contributed by atoms with E-state index in [1.165, 1.54) is 0 Å². The second kappa shape index (κ2) is 8.26. The first-order valence-electron chi connectivity index (χ1n) is 7.13. The van der Waals surface area contributed by atoms with Gasteiger partial charge < -0.3 is 9.88 Å². The summed E-state index contributed by atoms with van der Waals surface area (Å²) >= 11 is 3.40. The summed E-state index contributed by atoms with van der Waals surface area (Å²) in [4.78, 5) is 17.1. The highest BCUT2D eigenvalue weighted by molar-refractivity contribution is 9.09. The molecule has 0 unspecified atom stereocenters. The maximum Gasteiger partial charge on any atom is 0.204 e. The predicted octanol–water partition coefficient (Wildman–Crippen LogP) is 4.30. The van der Waals surface area contributed by atoms with Crippen LogP contribution < -0.4 is 5.32 Å². The fourth-order valence-electron chi connectivity index (χ4n) is 2.39. The van der Waals surface area contributed by atoms with Crippen molar-refractivity contribution in [3.05, 3.63) is 60.2 Å². The monoisotopic (exact) mass is 437 g/mol. The Bertz CT molecular complexity index is 787. The minimum Gasteiger partial charge on any atom is -0.355 e. The van der Waals surface area contributed by atoms with E-state index in [2.05, 4.69) is 26.2 Å². The lowest BCUT2D eigenvalue weighted by atomic mass is 10.1. The SMILES string of the molecule is Br.O=C(Cn1c(NCCBr)nc2ccccc21)c1ccccc1. The van der Waals surface area contributed by atoms with Crippen LogP contribution in [0.15, 0.2) is 54.6 Å². The summed E-state index contributed by atoms with van der Waals surface area (Å²) in [6.07, 6.45) is 0. The number of carbonyl (C=O) groups is 1. The van der Waals surface area contributed by atoms with Gasteiger partial charge in [-0.3, -0.25) is 4.79 Å². The molecule has 1 aromatic heterocycles. The normalized spacial score (nSPS) is 10.3. The molecule has 3 rings (SSSR count). The van der Waals surface area contributed by atoms with Crippen LogP contribution >= 0.6 is 32.9 Å². The molecule has 6 heteroatoms. The summed E-state index contributed by atoms with van der Waals surface area (Å²) in [6, 6.07) is 17.2. The number of ketones is 1. The first-order valence-corrected chi connectivity index (χ1v) is 8.25. The summed E-state index contributed by atoms with van der Waals surface area (Å²) in [5.41, 5.74) is 2.57. The van der Waals surface area contributed by atoms with E-state index in [0.717, 1.165) is 28.9 Å². The second-order valence-corrected chi connectivity index (χ2v) is 5.71. The molecular weight excluding hydrogens is 422 g/mol. The van der Waals surface area contributed by atoms with Gasteiger partial charge in [0.05, 0.1) is 17.6 Å². The van der Waals surface area contributed by atoms with Crippen molar-refractivity contribution in [1.29, 1.82) is 0 Å². The molecule has 0 aliphatic carbocycles. The Labute approximate surface area is 153 Å². The first-order chi connectivity index (χ1) is 10.8. The van der Waals surface area contributed by atoms with Crippen molar-refractivity contribution in [2.24, 2.45) is 0 Å². The van der Waals surface area contributed by atoms with Crippen molar-refractivity contribution in [2.45, 2.75) is 6.54 Å². The standard InChI is InChI=1S/C17H16BrN3O.BrH/c18-10-11-19-17-20-14-8-4-5-9-15(14)21(17)12-16(22)13-6-2-1-3-7-13;/h1-9H,10-12H2,(H,19,20);1H. The molecule has 0 spiro atoms. The number of para-hydroxylation sites is 2. The molecule has 0 amide bonds. The topological polar surface area (TPSA) is 46.9 Å². The first kappa shape index (κ1) is 17.7. The minimum absolute atomic E-state index is 0. The fourth-order valence-corrected chi connectivity index (χ4v) is 2.59. The largest absolute Gasteiger partial charge is 0.355 e. The average molecular weight is 439 g/mol. The van der Waals surface area contributed by atoms with Crippen LogP contribution in [0, 0.1) is 0 Å². The van der Waals surface area contributed by atoms with Crippen LogP contribution in [0.1, 0.15) is 10.4 Å². The van der Waals surface area contributed by atoms with Crippen LogP contribution in [0.25, 0.3) is 11.0 Å². The second-order valence-electron chi connectivity index (χ2n) is 4.92. The maximum atomic E-state index is 12.5. The van der Waals surface area contributed by atoms with Gasteiger partial charge in [-0.2, -0.15) is 0 Å². The lowest BCUT2D eigenvalue weighted by Crippen LogP contribution is -2.15. The number of halogens is 2. The number of hydrogen-bond donors (Lipinski definition) is 1. The van der Waals surface area contributed by atoms with Crippen LogP contribution in [0.5, 0.6) is 0 Å². The van der Waals surface area contributed by atoms with Gasteiger partial charge in [0.1, 0.15) is 0 Å². The molecule has 2 aromatic carbocycles. The summed E-state index contributed by atoms with van der Waals surface area (Å²) in [7, 11) is 0. The molecule has 0 atom stereocenters. The minimum atomic E-state index is 0. The van der Waals surface area contributed by atoms with Crippen LogP contribution in [0.3, 0.4) is 0 Å². The molecule has 0 saturated heterocycles. The van der Waals surface area contributed by atoms with Crippen molar-refractivity contribution in [3.8, 4) is 0 Å². The molecule has 0 radical (unpaired) electrons. The number of imidazole rings is 1. The van der Waals surface area contributed by atoms with Gasteiger partial charge in [0.15, 0.2) is 5.78 Å². The van der Waals surface area contributed by atoms with Gasteiger partial charge >= 0.3 is 0 Å². The number of benzene rings is 2. The lowest BCUT2D eigenvalue weighted by Gasteiger charge is -2.09. The van der Waals surface area contributed by atoms with Crippen LogP contribution in [-0.2, 0) is 6.54 Å². The number of fused-ring (bicyclic) bond motifs is 1. The van der Waals surface area contributed by atoms with Gasteiger partial charge in [0.25, 0.3) is 0 Å². The molecule has 0 bridgehead atoms. The van der Waals surface area contributed by atoms with Crippen molar-refractivity contribution in [2.75, 3.05) is 17.2 Å². The Balaban J connectivity index is 0.00000192. The molecule has 120 valence electrons. The smallest absolute Gasteiger partial charge is 0.204 e. The summed E-state index contributed by atoms with van der Waals surface area (Å²) in [6.45, 7) is 1.03. The molecule has 4 nitrogen and oxygen atoms in total. The summed E-state index contributed by atoms with van der Waals surface area (Å²) in [5.74, 6) is 0.801. The van der Waals surface area contributed by atoms with E-state index >= 15 is 0 Å². The average Bonchev–Trinajstić information content (AvgIpc) is 2.91. The van der Waals surface area contributed by atoms with Crippen LogP contribution in [0.4, 0.5) is 5.95 Å². The molecule has 0 fully saturated rings. The highest BCUT2D eigenvalue weighted by Gasteiger charge is 2.14. The van der Waals surface area contributed by atoms with Gasteiger partial charge in [-0.05, 0) is 12.1 Å². The Morgan fingerprint density at radius 2 is 1.78 bits per heavy atom. The van der Waals surface area contributed by atoms with E-state index in [-0.39, 0.29) is 29.3 Å². The molecule has 1 N–H and O–H groups in total. The number of Topliss-reactive ketones (excluding diaryl/α,β-unsaturated/α-hetero) is 1. The van der Waals surface area contributed by atoms with Crippen molar-refractivity contribution in [1.82, 2.24) is 9.55 Å². The summed E-state index contributed by atoms with van der Waals surface area (Å²) in [5, 5.41) is 4.08. The molecule has 3 aromatic rings. The Hall–Kier alpha value is -1.66. The number of aromatic nitrogens is 2. The van der Waals surface area contributed by atoms with Gasteiger partial charge in [-0.15, -0.1) is 17.0 Å². The zero-order chi connectivity index (χ0) is 15.4. The molecule has 0 aliphatic rings. The zero-order valence-electron chi connectivity index (χ0n) is 12.4. The lowest BCUT2D eigenvalue weighted by molar-refractivity contribution is 0.0974. The van der Waals surface area contributed by atoms with Crippen LogP contribution in [-0.4, -0.2) is 27.2 Å². The van der Waals surface area contributed by atoms with Gasteiger partial charge in [0, 0.05) is 17.4 Å². The van der Waals surface area contributed by atoms with Gasteiger partial charge in [-0.25, -0.2) is 4.98 Å². The van der Waals surface area contributed by atoms with Crippen molar-refractivity contribution >= 4 is 55.7 Å². The number of carbonyl (C=O) groups excluding carboxylic acids is 1.